The highest BCUT2D eigenvalue weighted by molar-refractivity contribution is 9.10. The minimum absolute atomic E-state index is 0.0980. The molecule has 6 N–H and O–H groups in total. The molecule has 0 saturated carbocycles. The molecule has 0 radical (unpaired) electrons. The summed E-state index contributed by atoms with van der Waals surface area (Å²) >= 11 is 3.33. The average Bonchev–Trinajstić information content (AvgIpc) is 3.33. The molecule has 1 aliphatic rings. The number of nitrogens with one attached hydrogen (secondary N) is 2. The fourth-order valence-corrected chi connectivity index (χ4v) is 4.43. The van der Waals surface area contributed by atoms with Crippen LogP contribution in [0.1, 0.15) is 49.9 Å². The Balaban J connectivity index is 2.10. The van der Waals surface area contributed by atoms with Crippen LogP contribution < -0.4 is 22.1 Å². The molecule has 1 heterocycles. The van der Waals surface area contributed by atoms with Crippen molar-refractivity contribution in [2.24, 2.45) is 22.4 Å². The summed E-state index contributed by atoms with van der Waals surface area (Å²) in [7, 11) is 0. The fourth-order valence-electron chi connectivity index (χ4n) is 4.03. The maximum absolute atomic E-state index is 13.4. The summed E-state index contributed by atoms with van der Waals surface area (Å²) in [5.41, 5.74) is 11.0. The van der Waals surface area contributed by atoms with Gasteiger partial charge in [0.05, 0.1) is 6.04 Å². The van der Waals surface area contributed by atoms with Gasteiger partial charge in [-0.25, -0.2) is 4.39 Å². The highest BCUT2D eigenvalue weighted by atomic mass is 79.9. The predicted molar refractivity (Wildman–Crippen MR) is 138 cm³/mol. The van der Waals surface area contributed by atoms with Gasteiger partial charge in [0.2, 0.25) is 11.8 Å². The van der Waals surface area contributed by atoms with Crippen LogP contribution in [-0.4, -0.2) is 72.3 Å². The van der Waals surface area contributed by atoms with Crippen molar-refractivity contribution in [2.75, 3.05) is 19.8 Å². The Labute approximate surface area is 218 Å². The van der Waals surface area contributed by atoms with Gasteiger partial charge in [-0.2, -0.15) is 0 Å². The van der Waals surface area contributed by atoms with Crippen LogP contribution in [0.4, 0.5) is 4.39 Å². The van der Waals surface area contributed by atoms with Gasteiger partial charge in [-0.1, -0.05) is 35.8 Å². The summed E-state index contributed by atoms with van der Waals surface area (Å²) in [5, 5.41) is 5.39. The summed E-state index contributed by atoms with van der Waals surface area (Å²) < 4.78 is 13.8. The first-order chi connectivity index (χ1) is 17.0. The number of nitrogens with two attached hydrogens (primary N) is 2. The molecule has 198 valence electrons. The van der Waals surface area contributed by atoms with E-state index in [1.54, 1.807) is 38.1 Å². The van der Waals surface area contributed by atoms with Crippen molar-refractivity contribution >= 4 is 45.4 Å². The van der Waals surface area contributed by atoms with Crippen molar-refractivity contribution in [2.45, 2.75) is 57.7 Å². The Morgan fingerprint density at radius 1 is 1.22 bits per heavy atom. The first-order valence-corrected chi connectivity index (χ1v) is 12.7. The molecule has 0 bridgehead atoms. The molecule has 1 fully saturated rings. The number of amides is 3. The normalized spacial score (nSPS) is 16.8. The molecule has 1 aromatic carbocycles. The Hall–Kier alpha value is -3.02. The molecular weight excluding hydrogens is 535 g/mol. The van der Waals surface area contributed by atoms with Crippen LogP contribution in [0.15, 0.2) is 33.7 Å². The van der Waals surface area contributed by atoms with E-state index < -0.39 is 42.4 Å². The van der Waals surface area contributed by atoms with Crippen molar-refractivity contribution in [1.82, 2.24) is 15.5 Å². The summed E-state index contributed by atoms with van der Waals surface area (Å²) in [6.07, 6.45) is 1.50. The number of halogens is 2. The maximum Gasteiger partial charge on any atom is 0.251 e. The van der Waals surface area contributed by atoms with Gasteiger partial charge in [0.25, 0.3) is 5.91 Å². The van der Waals surface area contributed by atoms with E-state index >= 15 is 0 Å². The van der Waals surface area contributed by atoms with E-state index in [4.69, 9.17) is 11.5 Å². The molecule has 1 saturated heterocycles. The number of alkyl halides is 1. The second-order valence-corrected chi connectivity index (χ2v) is 9.92. The Kier molecular flexibility index (Phi) is 11.3. The van der Waals surface area contributed by atoms with Crippen LogP contribution in [-0.2, 0) is 14.4 Å². The number of rotatable bonds is 12. The summed E-state index contributed by atoms with van der Waals surface area (Å²) in [6, 6.07) is 4.07. The van der Waals surface area contributed by atoms with Crippen LogP contribution in [0.5, 0.6) is 0 Å². The standard InChI is InChI=1S/C24H34BrFN6O4/c1-14(2)20(31-21(34)15-6-3-7-16(25)12-15)23(36)32-11-5-9-18(32)22(35)30-17(19(33)13-26)8-4-10-29-24(27)28/h3,6-7,12,14,17-18,20H,4-5,8-11,13H2,1-2H3,(H,30,35)(H,31,34)(H4,27,28,29)/t17-,18-,20?/m0/s1. The number of guanidine groups is 1. The minimum Gasteiger partial charge on any atom is -0.370 e. The predicted octanol–water partition coefficient (Wildman–Crippen LogP) is 1.27. The van der Waals surface area contributed by atoms with Gasteiger partial charge in [0, 0.05) is 23.1 Å². The molecule has 1 unspecified atom stereocenters. The van der Waals surface area contributed by atoms with Crippen molar-refractivity contribution in [3.8, 4) is 0 Å². The van der Waals surface area contributed by atoms with Gasteiger partial charge in [-0.05, 0) is 49.8 Å². The molecule has 0 aromatic heterocycles. The Morgan fingerprint density at radius 2 is 1.94 bits per heavy atom. The number of likely N-dealkylation sites (tertiary alicyclic amines) is 1. The Morgan fingerprint density at radius 3 is 2.56 bits per heavy atom. The quantitative estimate of drug-likeness (QED) is 0.169. The first kappa shape index (κ1) is 29.2. The second-order valence-electron chi connectivity index (χ2n) is 9.01. The van der Waals surface area contributed by atoms with Gasteiger partial charge in [-0.15, -0.1) is 0 Å². The summed E-state index contributed by atoms with van der Waals surface area (Å²) in [4.78, 5) is 56.6. The lowest BCUT2D eigenvalue weighted by molar-refractivity contribution is -0.141. The first-order valence-electron chi connectivity index (χ1n) is 11.9. The van der Waals surface area contributed by atoms with Gasteiger partial charge >= 0.3 is 0 Å². The van der Waals surface area contributed by atoms with Crippen LogP contribution in [0, 0.1) is 5.92 Å². The molecule has 1 aromatic rings. The monoisotopic (exact) mass is 568 g/mol. The third-order valence-electron chi connectivity index (χ3n) is 5.93. The molecule has 0 spiro atoms. The van der Waals surface area contributed by atoms with Crippen LogP contribution in [0.25, 0.3) is 0 Å². The van der Waals surface area contributed by atoms with Gasteiger partial charge < -0.3 is 27.0 Å². The molecular formula is C24H34BrFN6O4. The van der Waals surface area contributed by atoms with Crippen molar-refractivity contribution in [3.05, 3.63) is 34.3 Å². The van der Waals surface area contributed by atoms with Crippen molar-refractivity contribution in [3.63, 3.8) is 0 Å². The number of hydrogen-bond donors (Lipinski definition) is 4. The molecule has 36 heavy (non-hydrogen) atoms. The smallest absolute Gasteiger partial charge is 0.251 e. The zero-order valence-corrected chi connectivity index (χ0v) is 22.1. The van der Waals surface area contributed by atoms with Crippen LogP contribution >= 0.6 is 15.9 Å². The van der Waals surface area contributed by atoms with E-state index in [2.05, 4.69) is 31.6 Å². The topological polar surface area (TPSA) is 160 Å². The van der Waals surface area contributed by atoms with Crippen LogP contribution in [0.3, 0.4) is 0 Å². The van der Waals surface area contributed by atoms with E-state index in [1.807, 2.05) is 0 Å². The average molecular weight is 569 g/mol. The second kappa shape index (κ2) is 13.9. The number of carbonyl (C=O) groups is 4. The third-order valence-corrected chi connectivity index (χ3v) is 6.42. The number of nitrogens with zero attached hydrogens (tertiary/aromatic N) is 2. The highest BCUT2D eigenvalue weighted by Crippen LogP contribution is 2.21. The SMILES string of the molecule is CC(C)C(NC(=O)c1cccc(Br)c1)C(=O)N1CCC[C@H]1C(=O)N[C@@H](CCCN=C(N)N)C(=O)CF. The lowest BCUT2D eigenvalue weighted by atomic mass is 10.0. The molecule has 1 aliphatic heterocycles. The zero-order valence-electron chi connectivity index (χ0n) is 20.5. The maximum atomic E-state index is 13.4. The van der Waals surface area contributed by atoms with Crippen molar-refractivity contribution in [1.29, 1.82) is 0 Å². The minimum atomic E-state index is -1.22. The highest BCUT2D eigenvalue weighted by Gasteiger charge is 2.39. The van der Waals surface area contributed by atoms with Gasteiger partial charge in [-0.3, -0.25) is 24.2 Å². The van der Waals surface area contributed by atoms with Crippen LogP contribution in [0.2, 0.25) is 0 Å². The van der Waals surface area contributed by atoms with E-state index in [9.17, 15) is 23.6 Å². The lowest BCUT2D eigenvalue weighted by Crippen LogP contribution is -2.56. The van der Waals surface area contributed by atoms with E-state index in [0.717, 1.165) is 4.47 Å². The Bertz CT molecular complexity index is 985. The fraction of sp³-hybridized carbons (Fsp3) is 0.542. The number of aliphatic imine (C=N–C) groups is 1. The molecule has 12 heteroatoms. The third kappa shape index (κ3) is 8.28. The molecule has 3 amide bonds. The number of hydrogen-bond acceptors (Lipinski definition) is 5. The summed E-state index contributed by atoms with van der Waals surface area (Å²) in [5.74, 6) is -2.42. The lowest BCUT2D eigenvalue weighted by Gasteiger charge is -2.31. The zero-order chi connectivity index (χ0) is 26.8. The number of Topliss-reactive ketones (excluding diaryl/α,β-unsaturated/α-hetero) is 1. The van der Waals surface area contributed by atoms with E-state index in [0.29, 0.717) is 31.4 Å². The summed E-state index contributed by atoms with van der Waals surface area (Å²) in [6.45, 7) is 2.95. The molecule has 0 aliphatic carbocycles. The number of carbonyl (C=O) groups excluding carboxylic acids is 4. The van der Waals surface area contributed by atoms with Crippen molar-refractivity contribution < 1.29 is 23.6 Å². The largest absolute Gasteiger partial charge is 0.370 e. The number of benzene rings is 1. The molecule has 3 atom stereocenters. The molecule has 2 rings (SSSR count). The van der Waals surface area contributed by atoms with E-state index in [1.165, 1.54) is 4.90 Å². The molecule has 10 nitrogen and oxygen atoms in total. The van der Waals surface area contributed by atoms with E-state index in [-0.39, 0.29) is 30.8 Å². The number of ketones is 1. The van der Waals surface area contributed by atoms with Gasteiger partial charge in [0.15, 0.2) is 11.7 Å². The van der Waals surface area contributed by atoms with Gasteiger partial charge in [0.1, 0.15) is 18.8 Å².